The molecule has 0 saturated heterocycles. The fourth-order valence-electron chi connectivity index (χ4n) is 2.15. The summed E-state index contributed by atoms with van der Waals surface area (Å²) < 4.78 is 4.93. The second-order valence-electron chi connectivity index (χ2n) is 4.85. The van der Waals surface area contributed by atoms with E-state index in [0.717, 1.165) is 12.8 Å². The van der Waals surface area contributed by atoms with Gasteiger partial charge in [0, 0.05) is 25.8 Å². The lowest BCUT2D eigenvalue weighted by Crippen LogP contribution is -2.45. The first-order chi connectivity index (χ1) is 8.52. The number of amides is 2. The number of carboxylic acids is 1. The van der Waals surface area contributed by atoms with Gasteiger partial charge in [0.15, 0.2) is 0 Å². The maximum atomic E-state index is 11.6. The number of ether oxygens (including phenoxy) is 1. The molecule has 3 N–H and O–H groups in total. The molecule has 1 fully saturated rings. The van der Waals surface area contributed by atoms with Crippen molar-refractivity contribution in [1.29, 1.82) is 0 Å². The van der Waals surface area contributed by atoms with Crippen LogP contribution in [0.5, 0.6) is 0 Å². The SMILES string of the molecule is COCCC(C)NC(=O)N[C@H]1CC[C@@H](C(=O)O)C1. The summed E-state index contributed by atoms with van der Waals surface area (Å²) in [5, 5.41) is 14.5. The topological polar surface area (TPSA) is 87.7 Å². The molecule has 0 bridgehead atoms. The van der Waals surface area contributed by atoms with Crippen LogP contribution < -0.4 is 10.6 Å². The van der Waals surface area contributed by atoms with Crippen molar-refractivity contribution in [2.24, 2.45) is 5.92 Å². The lowest BCUT2D eigenvalue weighted by molar-refractivity contribution is -0.141. The monoisotopic (exact) mass is 258 g/mol. The van der Waals surface area contributed by atoms with E-state index in [-0.39, 0.29) is 24.0 Å². The average molecular weight is 258 g/mol. The van der Waals surface area contributed by atoms with Gasteiger partial charge < -0.3 is 20.5 Å². The fourth-order valence-corrected chi connectivity index (χ4v) is 2.15. The summed E-state index contributed by atoms with van der Waals surface area (Å²) in [5.74, 6) is -1.09. The summed E-state index contributed by atoms with van der Waals surface area (Å²) in [4.78, 5) is 22.4. The Morgan fingerprint density at radius 2 is 2.17 bits per heavy atom. The molecule has 0 spiro atoms. The Kier molecular flexibility index (Phi) is 5.91. The van der Waals surface area contributed by atoms with E-state index in [1.165, 1.54) is 0 Å². The number of aliphatic carboxylic acids is 1. The third-order valence-electron chi connectivity index (χ3n) is 3.25. The predicted molar refractivity (Wildman–Crippen MR) is 66.4 cm³/mol. The molecular formula is C12H22N2O4. The van der Waals surface area contributed by atoms with E-state index in [4.69, 9.17) is 9.84 Å². The summed E-state index contributed by atoms with van der Waals surface area (Å²) in [7, 11) is 1.62. The standard InChI is InChI=1S/C12H22N2O4/c1-8(5-6-18-2)13-12(17)14-10-4-3-9(7-10)11(15)16/h8-10H,3-7H2,1-2H3,(H,15,16)(H2,13,14,17)/t8?,9-,10+/m1/s1. The molecule has 0 radical (unpaired) electrons. The van der Waals surface area contributed by atoms with Gasteiger partial charge in [-0.05, 0) is 32.6 Å². The fraction of sp³-hybridized carbons (Fsp3) is 0.833. The van der Waals surface area contributed by atoms with Gasteiger partial charge in [-0.2, -0.15) is 0 Å². The van der Waals surface area contributed by atoms with Crippen molar-refractivity contribution in [2.75, 3.05) is 13.7 Å². The zero-order valence-corrected chi connectivity index (χ0v) is 10.9. The molecule has 3 atom stereocenters. The molecule has 0 aromatic carbocycles. The molecule has 0 aromatic rings. The van der Waals surface area contributed by atoms with Crippen LogP contribution in [0.3, 0.4) is 0 Å². The lowest BCUT2D eigenvalue weighted by Gasteiger charge is -2.17. The van der Waals surface area contributed by atoms with E-state index >= 15 is 0 Å². The first-order valence-corrected chi connectivity index (χ1v) is 6.31. The maximum absolute atomic E-state index is 11.6. The van der Waals surface area contributed by atoms with Crippen molar-refractivity contribution in [1.82, 2.24) is 10.6 Å². The van der Waals surface area contributed by atoms with Crippen LogP contribution in [-0.4, -0.2) is 42.9 Å². The lowest BCUT2D eigenvalue weighted by atomic mass is 10.1. The second-order valence-corrected chi connectivity index (χ2v) is 4.85. The molecule has 6 heteroatoms. The number of rotatable bonds is 6. The average Bonchev–Trinajstić information content (AvgIpc) is 2.74. The van der Waals surface area contributed by atoms with Crippen molar-refractivity contribution >= 4 is 12.0 Å². The van der Waals surface area contributed by atoms with Gasteiger partial charge in [0.1, 0.15) is 0 Å². The summed E-state index contributed by atoms with van der Waals surface area (Å²) >= 11 is 0. The largest absolute Gasteiger partial charge is 0.481 e. The van der Waals surface area contributed by atoms with E-state index in [1.807, 2.05) is 6.92 Å². The number of carbonyl (C=O) groups is 2. The van der Waals surface area contributed by atoms with E-state index in [1.54, 1.807) is 7.11 Å². The van der Waals surface area contributed by atoms with Gasteiger partial charge in [-0.3, -0.25) is 4.79 Å². The van der Waals surface area contributed by atoms with Gasteiger partial charge >= 0.3 is 12.0 Å². The number of urea groups is 1. The molecule has 0 aromatic heterocycles. The van der Waals surface area contributed by atoms with Crippen LogP contribution in [-0.2, 0) is 9.53 Å². The van der Waals surface area contributed by atoms with E-state index in [9.17, 15) is 9.59 Å². The highest BCUT2D eigenvalue weighted by molar-refractivity contribution is 5.75. The highest BCUT2D eigenvalue weighted by Crippen LogP contribution is 2.25. The Morgan fingerprint density at radius 3 is 2.72 bits per heavy atom. The minimum atomic E-state index is -0.770. The van der Waals surface area contributed by atoms with Crippen molar-refractivity contribution in [2.45, 2.75) is 44.7 Å². The van der Waals surface area contributed by atoms with Crippen LogP contribution in [0.15, 0.2) is 0 Å². The van der Waals surface area contributed by atoms with Crippen molar-refractivity contribution in [3.8, 4) is 0 Å². The summed E-state index contributed by atoms with van der Waals surface area (Å²) in [6, 6.07) is -0.211. The Labute approximate surface area is 107 Å². The maximum Gasteiger partial charge on any atom is 0.315 e. The van der Waals surface area contributed by atoms with Gasteiger partial charge in [-0.25, -0.2) is 4.79 Å². The molecule has 1 saturated carbocycles. The van der Waals surface area contributed by atoms with E-state index < -0.39 is 5.97 Å². The van der Waals surface area contributed by atoms with Crippen LogP contribution >= 0.6 is 0 Å². The molecule has 1 rings (SSSR count). The first-order valence-electron chi connectivity index (χ1n) is 6.31. The summed E-state index contributed by atoms with van der Waals surface area (Å²) in [6.45, 7) is 2.51. The number of hydrogen-bond donors (Lipinski definition) is 3. The molecule has 1 unspecified atom stereocenters. The van der Waals surface area contributed by atoms with Crippen molar-refractivity contribution in [3.05, 3.63) is 0 Å². The normalized spacial score (nSPS) is 24.6. The molecular weight excluding hydrogens is 236 g/mol. The summed E-state index contributed by atoms with van der Waals surface area (Å²) in [5.41, 5.74) is 0. The minimum Gasteiger partial charge on any atom is -0.481 e. The third-order valence-corrected chi connectivity index (χ3v) is 3.25. The predicted octanol–water partition coefficient (Wildman–Crippen LogP) is 0.964. The van der Waals surface area contributed by atoms with Crippen LogP contribution in [0.25, 0.3) is 0 Å². The number of hydrogen-bond acceptors (Lipinski definition) is 3. The van der Waals surface area contributed by atoms with Crippen LogP contribution in [0, 0.1) is 5.92 Å². The Balaban J connectivity index is 2.23. The van der Waals surface area contributed by atoms with Crippen molar-refractivity contribution in [3.63, 3.8) is 0 Å². The molecule has 104 valence electrons. The van der Waals surface area contributed by atoms with Crippen LogP contribution in [0.4, 0.5) is 4.79 Å². The van der Waals surface area contributed by atoms with Gasteiger partial charge in [-0.15, -0.1) is 0 Å². The van der Waals surface area contributed by atoms with Crippen LogP contribution in [0.1, 0.15) is 32.6 Å². The first kappa shape index (κ1) is 14.8. The molecule has 6 nitrogen and oxygen atoms in total. The number of methoxy groups -OCH3 is 1. The zero-order valence-electron chi connectivity index (χ0n) is 10.9. The van der Waals surface area contributed by atoms with Crippen LogP contribution in [0.2, 0.25) is 0 Å². The highest BCUT2D eigenvalue weighted by atomic mass is 16.5. The van der Waals surface area contributed by atoms with Gasteiger partial charge in [0.05, 0.1) is 5.92 Å². The number of nitrogens with one attached hydrogen (secondary N) is 2. The van der Waals surface area contributed by atoms with E-state index in [0.29, 0.717) is 19.4 Å². The Hall–Kier alpha value is -1.30. The summed E-state index contributed by atoms with van der Waals surface area (Å²) in [6.07, 6.45) is 2.65. The highest BCUT2D eigenvalue weighted by Gasteiger charge is 2.30. The van der Waals surface area contributed by atoms with Crippen molar-refractivity contribution < 1.29 is 19.4 Å². The smallest absolute Gasteiger partial charge is 0.315 e. The quantitative estimate of drug-likeness (QED) is 0.662. The molecule has 1 aliphatic carbocycles. The Bertz CT molecular complexity index is 296. The Morgan fingerprint density at radius 1 is 1.44 bits per heavy atom. The number of carbonyl (C=O) groups excluding carboxylic acids is 1. The molecule has 0 aliphatic heterocycles. The molecule has 0 heterocycles. The molecule has 2 amide bonds. The minimum absolute atomic E-state index is 0.0271. The molecule has 18 heavy (non-hydrogen) atoms. The zero-order chi connectivity index (χ0) is 13.5. The van der Waals surface area contributed by atoms with Gasteiger partial charge in [-0.1, -0.05) is 0 Å². The number of carboxylic acid groups (broad SMARTS) is 1. The third kappa shape index (κ3) is 4.91. The molecule has 1 aliphatic rings. The second kappa shape index (κ2) is 7.20. The van der Waals surface area contributed by atoms with Gasteiger partial charge in [0.25, 0.3) is 0 Å². The van der Waals surface area contributed by atoms with E-state index in [2.05, 4.69) is 10.6 Å². The van der Waals surface area contributed by atoms with Gasteiger partial charge in [0.2, 0.25) is 0 Å².